The van der Waals surface area contributed by atoms with Crippen molar-refractivity contribution in [1.82, 2.24) is 45.8 Å². The van der Waals surface area contributed by atoms with Gasteiger partial charge < -0.3 is 64.6 Å². The van der Waals surface area contributed by atoms with Crippen molar-refractivity contribution >= 4 is 112 Å². The number of likely N-dealkylation sites (tertiary alicyclic amines) is 2. The standard InChI is InChI=1S/C35H46ClN5O9S.C32H42N4O8.C3H6ClNO2S/c1-9-21-18-35(21,30(44)40-51(46,47)34(36)13-14-34)39-27(42)25-17-23(49-28-24-11-10-22(48-8)16-20(24)12-15-37-28)19-41(25)29(43)26(32(2,3)4)38-31(45)50-33(5,6)7;1-9-19-16-32(19,28(39)40)35-25(37)23-15-21(43-26-22-11-10-20(42-8)14-18(22)12-13-33-26)17-36(23)27(38)24(30(2,3)4)34-29(41)44-31(5,6)7;4-3(1-2-3)8(5,6)7/h9-12,15-16,21,23,25-26H,1,13-14,17-19H2,2-8H3,(H,38,45)(H,39,42)(H,40,44);9-14,19,21,23-24H,1,15-17H2,2-8H3,(H,34,41)(H,35,37)(H,39,40);1-2H2,(H2,5,6,7)/t21-,23-,25+,26-,35-;19-,21-,23+,24-,32-;/m11./s1. The second-order valence-electron chi connectivity index (χ2n) is 30.8. The summed E-state index contributed by atoms with van der Waals surface area (Å²) in [6.45, 7) is 28.3. The summed E-state index contributed by atoms with van der Waals surface area (Å²) in [5, 5.41) is 28.4. The van der Waals surface area contributed by atoms with Crippen molar-refractivity contribution < 1.29 is 88.7 Å². The summed E-state index contributed by atoms with van der Waals surface area (Å²) in [6.07, 6.45) is 4.87. The Labute approximate surface area is 609 Å². The normalized spacial score (nSPS) is 24.3. The summed E-state index contributed by atoms with van der Waals surface area (Å²) in [5.74, 6) is -3.66. The predicted molar refractivity (Wildman–Crippen MR) is 383 cm³/mol. The van der Waals surface area contributed by atoms with Crippen LogP contribution in [0.1, 0.15) is 134 Å². The molecule has 4 saturated carbocycles. The fourth-order valence-electron chi connectivity index (χ4n) is 12.0. The molecule has 2 aromatic heterocycles. The van der Waals surface area contributed by atoms with E-state index in [9.17, 15) is 60.3 Å². The Morgan fingerprint density at radius 3 is 1.30 bits per heavy atom. The number of sulfonamides is 2. The zero-order valence-corrected chi connectivity index (χ0v) is 63.4. The summed E-state index contributed by atoms with van der Waals surface area (Å²) in [7, 11) is -4.56. The number of amides is 7. The zero-order valence-electron chi connectivity index (χ0n) is 60.3. The van der Waals surface area contributed by atoms with Crippen LogP contribution in [0.5, 0.6) is 23.3 Å². The molecule has 0 radical (unpaired) electrons. The molecule has 4 aliphatic carbocycles. The number of ether oxygens (including phenoxy) is 6. The van der Waals surface area contributed by atoms with Crippen LogP contribution in [-0.2, 0) is 58.3 Å². The number of benzene rings is 2. The zero-order chi connectivity index (χ0) is 76.8. The van der Waals surface area contributed by atoms with Crippen molar-refractivity contribution in [3.8, 4) is 23.3 Å². The number of rotatable bonds is 21. The molecule has 4 aromatic rings. The van der Waals surface area contributed by atoms with Gasteiger partial charge in [0.05, 0.1) is 27.3 Å². The second kappa shape index (κ2) is 29.7. The minimum absolute atomic E-state index is 0.00131. The summed E-state index contributed by atoms with van der Waals surface area (Å²) in [5.41, 5.74) is -6.34. The first kappa shape index (κ1) is 80.4. The number of carboxylic acids is 1. The molecule has 103 heavy (non-hydrogen) atoms. The van der Waals surface area contributed by atoms with Crippen LogP contribution >= 0.6 is 23.2 Å². The third kappa shape index (κ3) is 18.8. The Balaban J connectivity index is 0.000000237. The Kier molecular flexibility index (Phi) is 23.2. The number of methoxy groups -OCH3 is 2. The van der Waals surface area contributed by atoms with E-state index in [0.717, 1.165) is 16.2 Å². The number of alkyl carbamates (subject to hydrolysis) is 2. The molecule has 7 amide bonds. The highest BCUT2D eigenvalue weighted by Crippen LogP contribution is 2.50. The van der Waals surface area contributed by atoms with E-state index in [4.69, 9.17) is 56.8 Å². The monoisotopic (exact) mass is 1510 g/mol. The van der Waals surface area contributed by atoms with E-state index >= 15 is 0 Å². The van der Waals surface area contributed by atoms with Crippen LogP contribution in [0.4, 0.5) is 9.59 Å². The minimum Gasteiger partial charge on any atom is -0.497 e. The number of nitrogens with one attached hydrogen (secondary N) is 5. The maximum atomic E-state index is 14.4. The van der Waals surface area contributed by atoms with Gasteiger partial charge in [0.1, 0.15) is 70.2 Å². The first-order valence-corrected chi connectivity index (χ1v) is 37.2. The van der Waals surface area contributed by atoms with E-state index in [1.54, 1.807) is 134 Å². The van der Waals surface area contributed by atoms with Crippen LogP contribution < -0.4 is 50.1 Å². The Morgan fingerprint density at radius 2 is 0.990 bits per heavy atom. The number of hydrogen-bond acceptors (Lipinski definition) is 20. The Bertz CT molecular complexity index is 4220. The third-order valence-corrected chi connectivity index (χ3v) is 23.5. The van der Waals surface area contributed by atoms with E-state index in [2.05, 4.69) is 49.1 Å². The lowest BCUT2D eigenvalue weighted by Crippen LogP contribution is -2.60. The van der Waals surface area contributed by atoms with Crippen molar-refractivity contribution in [3.05, 3.63) is 86.2 Å². The first-order valence-electron chi connectivity index (χ1n) is 33.5. The molecule has 0 spiro atoms. The molecule has 33 heteroatoms. The van der Waals surface area contributed by atoms with Crippen LogP contribution in [-0.4, -0.2) is 184 Å². The van der Waals surface area contributed by atoms with Gasteiger partial charge in [-0.2, -0.15) is 0 Å². The number of hydrogen-bond donors (Lipinski definition) is 7. The summed E-state index contributed by atoms with van der Waals surface area (Å²) < 4.78 is 80.0. The molecule has 10 rings (SSSR count). The molecular formula is C70H94Cl2N10O19S2. The van der Waals surface area contributed by atoms with Gasteiger partial charge in [0.15, 0.2) is 8.41 Å². The highest BCUT2D eigenvalue weighted by atomic mass is 35.5. The smallest absolute Gasteiger partial charge is 0.408 e. The molecule has 6 fully saturated rings. The summed E-state index contributed by atoms with van der Waals surface area (Å²) in [4.78, 5) is 119. The number of alkyl halides is 2. The molecule has 2 saturated heterocycles. The van der Waals surface area contributed by atoms with Crippen molar-refractivity contribution in [2.75, 3.05) is 27.3 Å². The van der Waals surface area contributed by atoms with Gasteiger partial charge in [0.25, 0.3) is 15.9 Å². The van der Waals surface area contributed by atoms with Gasteiger partial charge in [0.2, 0.25) is 45.4 Å². The molecule has 2 aliphatic heterocycles. The molecule has 2 aromatic carbocycles. The number of halogens is 2. The fourth-order valence-corrected chi connectivity index (χ4v) is 14.2. The maximum Gasteiger partial charge on any atom is 0.408 e. The van der Waals surface area contributed by atoms with Gasteiger partial charge in [-0.1, -0.05) is 65.3 Å². The highest BCUT2D eigenvalue weighted by Gasteiger charge is 2.64. The van der Waals surface area contributed by atoms with Gasteiger partial charge >= 0.3 is 18.2 Å². The van der Waals surface area contributed by atoms with Gasteiger partial charge in [-0.25, -0.2) is 51.0 Å². The summed E-state index contributed by atoms with van der Waals surface area (Å²) in [6, 6.07) is 9.99. The second-order valence-corrected chi connectivity index (χ2v) is 36.6. The molecule has 6 aliphatic rings. The number of primary sulfonamides is 1. The average Bonchev–Trinajstić information content (AvgIpc) is 1.57. The Hall–Kier alpha value is -8.26. The van der Waals surface area contributed by atoms with E-state index in [0.29, 0.717) is 35.6 Å². The SMILES string of the molecule is C=C[C@@H]1C[C@]1(NC(=O)[C@@H]1C[C@@H](Oc2nccc3cc(OC)ccc23)CN1C(=O)[C@@H](NC(=O)OC(C)(C)C)C(C)(C)C)C(=O)NS(=O)(=O)C1(Cl)CC1.C=C[C@@H]1C[C@]1(NC(=O)[C@@H]1C[C@@H](Oc2nccc3cc(OC)ccc23)CN1C(=O)[C@@H](NC(=O)OC(C)(C)C)C(C)(C)C)C(=O)O.NS(=O)(=O)C1(Cl)CC1. The van der Waals surface area contributed by atoms with Crippen molar-refractivity contribution in [1.29, 1.82) is 0 Å². The minimum atomic E-state index is -4.23. The quantitative estimate of drug-likeness (QED) is 0.0314. The number of aromatic nitrogens is 2. The van der Waals surface area contributed by atoms with Crippen LogP contribution in [0.25, 0.3) is 21.5 Å². The predicted octanol–water partition coefficient (Wildman–Crippen LogP) is 7.45. The number of nitrogens with two attached hydrogens (primary N) is 1. The van der Waals surface area contributed by atoms with Gasteiger partial charge in [0, 0.05) is 47.8 Å². The number of carbonyl (C=O) groups is 8. The number of nitrogens with zero attached hydrogens (tertiary/aromatic N) is 4. The van der Waals surface area contributed by atoms with E-state index in [1.165, 1.54) is 22.0 Å². The van der Waals surface area contributed by atoms with E-state index in [1.807, 2.05) is 24.3 Å². The summed E-state index contributed by atoms with van der Waals surface area (Å²) >= 11 is 11.5. The lowest BCUT2D eigenvalue weighted by molar-refractivity contribution is -0.146. The molecule has 8 N–H and O–H groups in total. The largest absolute Gasteiger partial charge is 0.497 e. The fraction of sp³-hybridized carbons (Fsp3) is 0.571. The number of carboxylic acid groups (broad SMARTS) is 1. The number of pyridine rings is 2. The van der Waals surface area contributed by atoms with Crippen LogP contribution in [0.15, 0.2) is 86.2 Å². The number of fused-ring (bicyclic) bond motifs is 2. The van der Waals surface area contributed by atoms with Crippen molar-refractivity contribution in [2.24, 2.45) is 27.8 Å². The third-order valence-electron chi connectivity index (χ3n) is 18.3. The number of aliphatic carboxylic acids is 1. The molecular weight excluding hydrogens is 1420 g/mol. The van der Waals surface area contributed by atoms with Gasteiger partial charge in [-0.05, 0) is 150 Å². The van der Waals surface area contributed by atoms with Crippen molar-refractivity contribution in [2.45, 2.75) is 202 Å². The molecule has 564 valence electrons. The maximum absolute atomic E-state index is 14.4. The van der Waals surface area contributed by atoms with Crippen LogP contribution in [0.3, 0.4) is 0 Å². The highest BCUT2D eigenvalue weighted by molar-refractivity contribution is 7.93. The first-order chi connectivity index (χ1) is 47.6. The molecule has 4 heterocycles. The van der Waals surface area contributed by atoms with Crippen LogP contribution in [0, 0.1) is 22.7 Å². The van der Waals surface area contributed by atoms with Crippen molar-refractivity contribution in [3.63, 3.8) is 0 Å². The topological polar surface area (TPSA) is 399 Å². The van der Waals surface area contributed by atoms with E-state index in [-0.39, 0.29) is 57.5 Å². The molecule has 10 atom stereocenters. The van der Waals surface area contributed by atoms with Crippen LogP contribution in [0.2, 0.25) is 0 Å². The van der Waals surface area contributed by atoms with Gasteiger partial charge in [-0.15, -0.1) is 24.8 Å². The molecule has 0 unspecified atom stereocenters. The average molecular weight is 1510 g/mol. The molecule has 0 bridgehead atoms. The van der Waals surface area contributed by atoms with Gasteiger partial charge in [-0.3, -0.25) is 24.0 Å². The lowest BCUT2D eigenvalue weighted by atomic mass is 9.85. The number of carbonyl (C=O) groups excluding carboxylic acids is 7. The Morgan fingerprint density at radius 1 is 0.612 bits per heavy atom. The lowest BCUT2D eigenvalue weighted by Gasteiger charge is -2.36. The van der Waals surface area contributed by atoms with E-state index < -0.39 is 157 Å². The molecule has 29 nitrogen and oxygen atoms in total.